The molecule has 3 amide bonds. The van der Waals surface area contributed by atoms with Gasteiger partial charge >= 0.3 is 0 Å². The average Bonchev–Trinajstić information content (AvgIpc) is 2.96. The van der Waals surface area contributed by atoms with E-state index in [0.717, 1.165) is 77.0 Å². The van der Waals surface area contributed by atoms with Crippen LogP contribution >= 0.6 is 0 Å². The van der Waals surface area contributed by atoms with Gasteiger partial charge in [0.1, 0.15) is 0 Å². The topological polar surface area (TPSA) is 87.3 Å². The fourth-order valence-electron chi connectivity index (χ4n) is 8.24. The second-order valence-electron chi connectivity index (χ2n) is 18.0. The van der Waals surface area contributed by atoms with Crippen molar-refractivity contribution < 1.29 is 14.4 Å². The molecule has 0 spiro atoms. The van der Waals surface area contributed by atoms with Gasteiger partial charge in [0.05, 0.1) is 0 Å². The van der Waals surface area contributed by atoms with Crippen LogP contribution in [0, 0.1) is 51.8 Å². The van der Waals surface area contributed by atoms with Gasteiger partial charge < -0.3 is 16.0 Å². The summed E-state index contributed by atoms with van der Waals surface area (Å²) in [4.78, 5) is 40.3. The zero-order valence-electron chi connectivity index (χ0n) is 29.9. The summed E-state index contributed by atoms with van der Waals surface area (Å²) in [6.07, 6.45) is 11.7. The summed E-state index contributed by atoms with van der Waals surface area (Å²) in [5.41, 5.74) is 2.66. The number of rotatable bonds is 6. The molecule has 0 aromatic heterocycles. The molecule has 0 heterocycles. The van der Waals surface area contributed by atoms with E-state index >= 15 is 0 Å². The Kier molecular flexibility index (Phi) is 11.2. The Morgan fingerprint density at radius 1 is 0.422 bits per heavy atom. The first kappa shape index (κ1) is 35.5. The fraction of sp³-hybridized carbons (Fsp3) is 0.769. The number of benzene rings is 1. The number of nitrogens with one attached hydrogen (secondary N) is 3. The zero-order chi connectivity index (χ0) is 33.2. The maximum atomic E-state index is 13.4. The van der Waals surface area contributed by atoms with Gasteiger partial charge in [0.15, 0.2) is 0 Å². The van der Waals surface area contributed by atoms with Crippen molar-refractivity contribution in [2.24, 2.45) is 51.8 Å². The van der Waals surface area contributed by atoms with Crippen molar-refractivity contribution in [3.63, 3.8) is 0 Å². The van der Waals surface area contributed by atoms with Gasteiger partial charge in [-0.3, -0.25) is 14.4 Å². The van der Waals surface area contributed by atoms with E-state index in [1.165, 1.54) is 0 Å². The second kappa shape index (κ2) is 14.2. The first-order valence-corrected chi connectivity index (χ1v) is 18.0. The first-order chi connectivity index (χ1) is 20.9. The molecule has 3 fully saturated rings. The van der Waals surface area contributed by atoms with E-state index in [1.54, 1.807) is 0 Å². The van der Waals surface area contributed by atoms with Crippen LogP contribution < -0.4 is 16.0 Å². The third kappa shape index (κ3) is 9.81. The number of anilines is 3. The van der Waals surface area contributed by atoms with E-state index < -0.39 is 0 Å². The Bertz CT molecular complexity index is 1020. The van der Waals surface area contributed by atoms with Gasteiger partial charge in [-0.1, -0.05) is 62.3 Å². The standard InChI is InChI=1S/C39H63N3O3/c1-37(2,3)28-16-10-25(11-17-28)34(43)40-31-22-32(41-35(44)26-12-18-29(19-13-26)38(4,5)6)24-33(23-31)42-36(45)27-14-20-30(21-15-27)39(7,8)9/h22-30H,10-21H2,1-9H3,(H,40,43)(H,41,44)(H,42,45)/t25-,26-,27-,28-,29-,30-. The van der Waals surface area contributed by atoms with E-state index in [2.05, 4.69) is 78.3 Å². The van der Waals surface area contributed by atoms with E-state index in [9.17, 15) is 14.4 Å². The van der Waals surface area contributed by atoms with Crippen molar-refractivity contribution in [2.45, 2.75) is 139 Å². The summed E-state index contributed by atoms with van der Waals surface area (Å²) in [5.74, 6) is 1.96. The molecule has 3 saturated carbocycles. The molecule has 6 nitrogen and oxygen atoms in total. The highest BCUT2D eigenvalue weighted by molar-refractivity contribution is 5.99. The van der Waals surface area contributed by atoms with Crippen molar-refractivity contribution in [1.29, 1.82) is 0 Å². The van der Waals surface area contributed by atoms with Crippen LogP contribution in [-0.2, 0) is 14.4 Å². The molecular formula is C39H63N3O3. The smallest absolute Gasteiger partial charge is 0.227 e. The Balaban J connectivity index is 1.45. The molecule has 0 radical (unpaired) electrons. The molecule has 252 valence electrons. The van der Waals surface area contributed by atoms with Gasteiger partial charge in [-0.25, -0.2) is 0 Å². The third-order valence-electron chi connectivity index (χ3n) is 11.7. The predicted molar refractivity (Wildman–Crippen MR) is 187 cm³/mol. The number of hydrogen-bond acceptors (Lipinski definition) is 3. The maximum Gasteiger partial charge on any atom is 0.227 e. The summed E-state index contributed by atoms with van der Waals surface area (Å²) < 4.78 is 0. The second-order valence-corrected chi connectivity index (χ2v) is 18.0. The molecule has 0 aliphatic heterocycles. The number of amides is 3. The molecule has 0 saturated heterocycles. The molecular weight excluding hydrogens is 558 g/mol. The molecule has 1 aromatic rings. The van der Waals surface area contributed by atoms with Gasteiger partial charge in [-0.15, -0.1) is 0 Å². The number of hydrogen-bond donors (Lipinski definition) is 3. The van der Waals surface area contributed by atoms with Crippen LogP contribution in [0.25, 0.3) is 0 Å². The van der Waals surface area contributed by atoms with Crippen molar-refractivity contribution in [3.8, 4) is 0 Å². The van der Waals surface area contributed by atoms with Crippen LogP contribution in [0.5, 0.6) is 0 Å². The zero-order valence-corrected chi connectivity index (χ0v) is 29.9. The molecule has 0 bridgehead atoms. The summed E-state index contributed by atoms with van der Waals surface area (Å²) in [5, 5.41) is 9.46. The Labute approximate surface area is 274 Å². The summed E-state index contributed by atoms with van der Waals surface area (Å²) in [6.45, 7) is 20.6. The summed E-state index contributed by atoms with van der Waals surface area (Å²) >= 11 is 0. The van der Waals surface area contributed by atoms with Crippen LogP contribution in [0.15, 0.2) is 18.2 Å². The third-order valence-corrected chi connectivity index (χ3v) is 11.7. The largest absolute Gasteiger partial charge is 0.326 e. The lowest BCUT2D eigenvalue weighted by molar-refractivity contribution is -0.122. The molecule has 3 aliphatic rings. The lowest BCUT2D eigenvalue weighted by Crippen LogP contribution is -2.32. The van der Waals surface area contributed by atoms with E-state index in [4.69, 9.17) is 0 Å². The summed E-state index contributed by atoms with van der Waals surface area (Å²) in [6, 6.07) is 5.55. The normalized spacial score (nSPS) is 28.2. The van der Waals surface area contributed by atoms with Crippen LogP contribution in [0.2, 0.25) is 0 Å². The van der Waals surface area contributed by atoms with Crippen molar-refractivity contribution in [2.75, 3.05) is 16.0 Å². The highest BCUT2D eigenvalue weighted by Gasteiger charge is 2.35. The maximum absolute atomic E-state index is 13.4. The van der Waals surface area contributed by atoms with Crippen molar-refractivity contribution in [3.05, 3.63) is 18.2 Å². The molecule has 6 heteroatoms. The van der Waals surface area contributed by atoms with Crippen LogP contribution in [0.1, 0.15) is 139 Å². The molecule has 0 atom stereocenters. The van der Waals surface area contributed by atoms with E-state index in [1.807, 2.05) is 18.2 Å². The first-order valence-electron chi connectivity index (χ1n) is 18.0. The molecule has 0 unspecified atom stereocenters. The number of carbonyl (C=O) groups excluding carboxylic acids is 3. The average molecular weight is 622 g/mol. The van der Waals surface area contributed by atoms with Crippen LogP contribution in [0.4, 0.5) is 17.1 Å². The SMILES string of the molecule is CC(C)(C)[C@H]1CC[C@H](C(=O)Nc2cc(NC(=O)[C@H]3CC[C@H](C(C)(C)C)CC3)cc(NC(=O)[C@H]3CC[C@H](C(C)(C)C)CC3)c2)CC1. The minimum atomic E-state index is -0.0177. The summed E-state index contributed by atoms with van der Waals surface area (Å²) in [7, 11) is 0. The highest BCUT2D eigenvalue weighted by atomic mass is 16.2. The Hall–Kier alpha value is -2.37. The number of carbonyl (C=O) groups is 3. The molecule has 3 N–H and O–H groups in total. The minimum Gasteiger partial charge on any atom is -0.326 e. The van der Waals surface area contributed by atoms with Crippen LogP contribution in [0.3, 0.4) is 0 Å². The van der Waals surface area contributed by atoms with Gasteiger partial charge in [0, 0.05) is 34.8 Å². The minimum absolute atomic E-state index is 0.0177. The Morgan fingerprint density at radius 2 is 0.622 bits per heavy atom. The highest BCUT2D eigenvalue weighted by Crippen LogP contribution is 2.42. The van der Waals surface area contributed by atoms with Gasteiger partial charge in [-0.05, 0) is 129 Å². The van der Waals surface area contributed by atoms with Gasteiger partial charge in [0.25, 0.3) is 0 Å². The van der Waals surface area contributed by atoms with E-state index in [0.29, 0.717) is 34.8 Å². The predicted octanol–water partition coefficient (Wildman–Crippen LogP) is 10.1. The Morgan fingerprint density at radius 3 is 0.800 bits per heavy atom. The van der Waals surface area contributed by atoms with Gasteiger partial charge in [0.2, 0.25) is 17.7 Å². The van der Waals surface area contributed by atoms with Crippen molar-refractivity contribution in [1.82, 2.24) is 0 Å². The molecule has 45 heavy (non-hydrogen) atoms. The molecule has 4 rings (SSSR count). The molecule has 3 aliphatic carbocycles. The monoisotopic (exact) mass is 621 g/mol. The quantitative estimate of drug-likeness (QED) is 0.295. The van der Waals surface area contributed by atoms with Crippen molar-refractivity contribution >= 4 is 34.8 Å². The molecule has 1 aromatic carbocycles. The fourth-order valence-corrected chi connectivity index (χ4v) is 8.24. The van der Waals surface area contributed by atoms with Gasteiger partial charge in [-0.2, -0.15) is 0 Å². The van der Waals surface area contributed by atoms with Crippen LogP contribution in [-0.4, -0.2) is 17.7 Å². The lowest BCUT2D eigenvalue weighted by Gasteiger charge is -2.36. The lowest BCUT2D eigenvalue weighted by atomic mass is 9.69. The van der Waals surface area contributed by atoms with E-state index in [-0.39, 0.29) is 51.7 Å².